The molecule has 0 spiro atoms. The summed E-state index contributed by atoms with van der Waals surface area (Å²) in [4.78, 5) is 0. The SMILES string of the molecule is C=C/C=C(\C=C/c1ccc(-c2ccc3ccc4ccccc4c3c2)cc1)c1ccc2ccc3ccccc3c2c1.Nc1cccc2oc3ccccc3c12. The first kappa shape index (κ1) is 32.7. The van der Waals surface area contributed by atoms with E-state index in [0.717, 1.165) is 38.8 Å². The third-order valence-electron chi connectivity index (χ3n) is 10.3. The Labute approximate surface area is 314 Å². The second-order valence-electron chi connectivity index (χ2n) is 13.6. The number of furan rings is 1. The molecule has 54 heavy (non-hydrogen) atoms. The van der Waals surface area contributed by atoms with E-state index in [-0.39, 0.29) is 0 Å². The molecule has 0 unspecified atom stereocenters. The number of nitrogens with two attached hydrogens (primary N) is 1. The number of nitrogen functional groups attached to an aromatic ring is 1. The molecule has 256 valence electrons. The zero-order valence-electron chi connectivity index (χ0n) is 29.7. The van der Waals surface area contributed by atoms with Crippen molar-refractivity contribution in [3.8, 4) is 11.1 Å². The van der Waals surface area contributed by atoms with E-state index in [2.05, 4.69) is 158 Å². The fourth-order valence-corrected chi connectivity index (χ4v) is 7.51. The Morgan fingerprint density at radius 1 is 0.481 bits per heavy atom. The Kier molecular flexibility index (Phi) is 8.55. The van der Waals surface area contributed by atoms with Gasteiger partial charge in [0.25, 0.3) is 0 Å². The van der Waals surface area contributed by atoms with E-state index in [1.165, 1.54) is 59.8 Å². The van der Waals surface area contributed by atoms with Gasteiger partial charge < -0.3 is 10.2 Å². The normalized spacial score (nSPS) is 11.9. The molecule has 0 fully saturated rings. The van der Waals surface area contributed by atoms with Crippen molar-refractivity contribution in [1.82, 2.24) is 0 Å². The lowest BCUT2D eigenvalue weighted by Crippen LogP contribution is -1.84. The number of fused-ring (bicyclic) bond motifs is 9. The summed E-state index contributed by atoms with van der Waals surface area (Å²) >= 11 is 0. The van der Waals surface area contributed by atoms with Gasteiger partial charge in [0.05, 0.1) is 5.39 Å². The van der Waals surface area contributed by atoms with Crippen LogP contribution in [0.25, 0.3) is 87.8 Å². The van der Waals surface area contributed by atoms with Crippen molar-refractivity contribution < 1.29 is 4.42 Å². The molecule has 0 aliphatic carbocycles. The van der Waals surface area contributed by atoms with Crippen LogP contribution in [0.5, 0.6) is 0 Å². The van der Waals surface area contributed by atoms with E-state index >= 15 is 0 Å². The molecular formula is C52H37NO. The molecular weight excluding hydrogens is 655 g/mol. The highest BCUT2D eigenvalue weighted by Crippen LogP contribution is 2.33. The van der Waals surface area contributed by atoms with E-state index in [1.54, 1.807) is 0 Å². The summed E-state index contributed by atoms with van der Waals surface area (Å²) in [6.07, 6.45) is 8.31. The molecule has 1 heterocycles. The molecule has 1 aromatic heterocycles. The van der Waals surface area contributed by atoms with Gasteiger partial charge in [0.15, 0.2) is 0 Å². The van der Waals surface area contributed by atoms with Crippen LogP contribution in [0, 0.1) is 0 Å². The first-order valence-electron chi connectivity index (χ1n) is 18.2. The summed E-state index contributed by atoms with van der Waals surface area (Å²) in [5.74, 6) is 0. The molecule has 9 aromatic carbocycles. The molecule has 2 heteroatoms. The van der Waals surface area contributed by atoms with Crippen molar-refractivity contribution in [3.05, 3.63) is 212 Å². The summed E-state index contributed by atoms with van der Waals surface area (Å²) < 4.78 is 5.65. The molecule has 0 atom stereocenters. The molecule has 2 nitrogen and oxygen atoms in total. The number of para-hydroxylation sites is 1. The van der Waals surface area contributed by atoms with Gasteiger partial charge in [0.2, 0.25) is 0 Å². The third kappa shape index (κ3) is 6.21. The van der Waals surface area contributed by atoms with Gasteiger partial charge in [-0.05, 0) is 101 Å². The van der Waals surface area contributed by atoms with Crippen LogP contribution in [0.3, 0.4) is 0 Å². The van der Waals surface area contributed by atoms with Gasteiger partial charge in [-0.3, -0.25) is 0 Å². The average Bonchev–Trinajstić information content (AvgIpc) is 3.62. The maximum Gasteiger partial charge on any atom is 0.137 e. The summed E-state index contributed by atoms with van der Waals surface area (Å²) in [5, 5.41) is 12.3. The van der Waals surface area contributed by atoms with Crippen LogP contribution in [-0.4, -0.2) is 0 Å². The topological polar surface area (TPSA) is 39.2 Å². The standard InChI is InChI=1S/C40H28.C12H9NO/c1-2-7-29(35-24-22-33-20-18-31-8-3-5-10-37(31)39(33)26-35)15-12-28-13-16-30(17-14-28)36-25-23-34-21-19-32-9-4-6-11-38(32)40(34)27-36;13-9-5-3-7-11-12(9)8-4-1-2-6-10(8)14-11/h2-27H,1H2;1-7H,13H2/b15-12-,29-7+;. The lowest BCUT2D eigenvalue weighted by Gasteiger charge is -2.09. The zero-order valence-corrected chi connectivity index (χ0v) is 29.7. The van der Waals surface area contributed by atoms with Gasteiger partial charge in [-0.25, -0.2) is 0 Å². The van der Waals surface area contributed by atoms with E-state index < -0.39 is 0 Å². The van der Waals surface area contributed by atoms with Gasteiger partial charge in [-0.1, -0.05) is 176 Å². The second kappa shape index (κ2) is 14.1. The Bertz CT molecular complexity index is 3070. The monoisotopic (exact) mass is 691 g/mol. The first-order valence-corrected chi connectivity index (χ1v) is 18.2. The van der Waals surface area contributed by atoms with Gasteiger partial charge in [-0.15, -0.1) is 0 Å². The molecule has 2 N–H and O–H groups in total. The number of hydrogen-bond donors (Lipinski definition) is 1. The largest absolute Gasteiger partial charge is 0.456 e. The molecule has 0 saturated carbocycles. The number of hydrogen-bond acceptors (Lipinski definition) is 2. The molecule has 0 radical (unpaired) electrons. The van der Waals surface area contributed by atoms with Crippen molar-refractivity contribution >= 4 is 82.4 Å². The second-order valence-corrected chi connectivity index (χ2v) is 13.6. The minimum atomic E-state index is 0.771. The smallest absolute Gasteiger partial charge is 0.137 e. The molecule has 10 aromatic rings. The van der Waals surface area contributed by atoms with Gasteiger partial charge in [0.1, 0.15) is 11.2 Å². The van der Waals surface area contributed by atoms with Crippen molar-refractivity contribution in [2.24, 2.45) is 0 Å². The first-order chi connectivity index (χ1) is 26.6. The van der Waals surface area contributed by atoms with E-state index in [0.29, 0.717) is 0 Å². The van der Waals surface area contributed by atoms with Crippen LogP contribution < -0.4 is 5.73 Å². The van der Waals surface area contributed by atoms with Crippen LogP contribution in [0.1, 0.15) is 11.1 Å². The Balaban J connectivity index is 0.000000229. The highest BCUT2D eigenvalue weighted by molar-refractivity contribution is 6.11. The Hall–Kier alpha value is -7.16. The summed E-state index contributed by atoms with van der Waals surface area (Å²) in [7, 11) is 0. The molecule has 0 amide bonds. The molecule has 0 bridgehead atoms. The summed E-state index contributed by atoms with van der Waals surface area (Å²) in [6.45, 7) is 3.97. The van der Waals surface area contributed by atoms with Crippen molar-refractivity contribution in [2.75, 3.05) is 5.73 Å². The van der Waals surface area contributed by atoms with E-state index in [1.807, 2.05) is 48.5 Å². The van der Waals surface area contributed by atoms with Gasteiger partial charge in [-0.2, -0.15) is 0 Å². The molecule has 0 saturated heterocycles. The Morgan fingerprint density at radius 2 is 1.04 bits per heavy atom. The van der Waals surface area contributed by atoms with Crippen LogP contribution >= 0.6 is 0 Å². The van der Waals surface area contributed by atoms with Crippen LogP contribution in [-0.2, 0) is 0 Å². The van der Waals surface area contributed by atoms with Crippen LogP contribution in [0.2, 0.25) is 0 Å². The quantitative estimate of drug-likeness (QED) is 0.111. The fraction of sp³-hybridized carbons (Fsp3) is 0. The third-order valence-corrected chi connectivity index (χ3v) is 10.3. The predicted octanol–water partition coefficient (Wildman–Crippen LogP) is 14.4. The van der Waals surface area contributed by atoms with Crippen molar-refractivity contribution in [2.45, 2.75) is 0 Å². The van der Waals surface area contributed by atoms with Crippen LogP contribution in [0.4, 0.5) is 5.69 Å². The Morgan fingerprint density at radius 3 is 1.74 bits per heavy atom. The predicted molar refractivity (Wildman–Crippen MR) is 234 cm³/mol. The van der Waals surface area contributed by atoms with Crippen LogP contribution in [0.15, 0.2) is 205 Å². The lowest BCUT2D eigenvalue weighted by atomic mass is 9.96. The van der Waals surface area contributed by atoms with Crippen molar-refractivity contribution in [3.63, 3.8) is 0 Å². The fourth-order valence-electron chi connectivity index (χ4n) is 7.51. The summed E-state index contributed by atoms with van der Waals surface area (Å²) in [5.41, 5.74) is 14.3. The highest BCUT2D eigenvalue weighted by Gasteiger charge is 2.08. The molecule has 10 rings (SSSR count). The number of allylic oxidation sites excluding steroid dienone is 4. The average molecular weight is 692 g/mol. The van der Waals surface area contributed by atoms with Gasteiger partial charge in [0, 0.05) is 11.1 Å². The van der Waals surface area contributed by atoms with Gasteiger partial charge >= 0.3 is 0 Å². The maximum absolute atomic E-state index is 5.91. The number of benzene rings is 9. The minimum absolute atomic E-state index is 0.771. The minimum Gasteiger partial charge on any atom is -0.456 e. The number of rotatable bonds is 5. The molecule has 0 aliphatic heterocycles. The lowest BCUT2D eigenvalue weighted by molar-refractivity contribution is 0.669. The van der Waals surface area contributed by atoms with Crippen molar-refractivity contribution in [1.29, 1.82) is 0 Å². The summed E-state index contributed by atoms with van der Waals surface area (Å²) in [6, 6.07) is 61.9. The zero-order chi connectivity index (χ0) is 36.4. The molecule has 0 aliphatic rings. The number of anilines is 1. The van der Waals surface area contributed by atoms with E-state index in [9.17, 15) is 0 Å². The van der Waals surface area contributed by atoms with E-state index in [4.69, 9.17) is 10.2 Å². The highest BCUT2D eigenvalue weighted by atomic mass is 16.3. The maximum atomic E-state index is 5.91.